The van der Waals surface area contributed by atoms with E-state index in [2.05, 4.69) is 24.0 Å². The highest BCUT2D eigenvalue weighted by molar-refractivity contribution is 4.89. The fourth-order valence-corrected chi connectivity index (χ4v) is 2.22. The fraction of sp³-hybridized carbons (Fsp3) is 0.917. The summed E-state index contributed by atoms with van der Waals surface area (Å²) >= 11 is 0. The van der Waals surface area contributed by atoms with Crippen molar-refractivity contribution < 1.29 is 0 Å². The summed E-state index contributed by atoms with van der Waals surface area (Å²) in [6, 6.07) is 0.716. The molecule has 0 heterocycles. The van der Waals surface area contributed by atoms with Gasteiger partial charge in [-0.1, -0.05) is 13.8 Å². The zero-order valence-electron chi connectivity index (χ0n) is 9.47. The molecule has 0 spiro atoms. The minimum absolute atomic E-state index is 0.312. The first-order valence-corrected chi connectivity index (χ1v) is 5.77. The number of nitrogens with zero attached hydrogens (tertiary/aromatic N) is 1. The first kappa shape index (κ1) is 11.5. The van der Waals surface area contributed by atoms with Crippen LogP contribution in [0.1, 0.15) is 46.0 Å². The Morgan fingerprint density at radius 3 is 2.57 bits per heavy atom. The van der Waals surface area contributed by atoms with Crippen molar-refractivity contribution >= 4 is 0 Å². The van der Waals surface area contributed by atoms with E-state index in [0.29, 0.717) is 18.0 Å². The second-order valence-electron chi connectivity index (χ2n) is 4.86. The van der Waals surface area contributed by atoms with Gasteiger partial charge in [-0.3, -0.25) is 0 Å². The third-order valence-electron chi connectivity index (χ3n) is 3.34. The third kappa shape index (κ3) is 3.31. The summed E-state index contributed by atoms with van der Waals surface area (Å²) < 4.78 is 0. The second kappa shape index (κ2) is 5.36. The van der Waals surface area contributed by atoms with Gasteiger partial charge in [0.2, 0.25) is 6.54 Å². The molecule has 0 radical (unpaired) electrons. The van der Waals surface area contributed by atoms with Gasteiger partial charge < -0.3 is 10.2 Å². The lowest BCUT2D eigenvalue weighted by atomic mass is 9.74. The Bertz CT molecular complexity index is 197. The van der Waals surface area contributed by atoms with Crippen LogP contribution in [0.15, 0.2) is 0 Å². The van der Waals surface area contributed by atoms with Crippen molar-refractivity contribution in [2.24, 2.45) is 5.41 Å². The molecular formula is C12H22N2. The summed E-state index contributed by atoms with van der Waals surface area (Å²) in [5.41, 5.74) is 0.312. The van der Waals surface area contributed by atoms with Crippen LogP contribution in [0.4, 0.5) is 0 Å². The molecule has 1 aliphatic rings. The molecule has 0 saturated heterocycles. The van der Waals surface area contributed by atoms with Crippen LogP contribution in [-0.2, 0) is 0 Å². The topological polar surface area (TPSA) is 16.4 Å². The predicted molar refractivity (Wildman–Crippen MR) is 60.1 cm³/mol. The first-order chi connectivity index (χ1) is 6.70. The molecule has 0 bridgehead atoms. The summed E-state index contributed by atoms with van der Waals surface area (Å²) in [6.07, 6.45) is 6.17. The molecule has 0 aromatic heterocycles. The summed E-state index contributed by atoms with van der Waals surface area (Å²) in [5.74, 6) is 0. The average Bonchev–Trinajstić information content (AvgIpc) is 2.17. The molecule has 1 fully saturated rings. The van der Waals surface area contributed by atoms with E-state index < -0.39 is 0 Å². The highest BCUT2D eigenvalue weighted by Gasteiger charge is 2.33. The Morgan fingerprint density at radius 2 is 2.07 bits per heavy atom. The van der Waals surface area contributed by atoms with Gasteiger partial charge in [-0.25, -0.2) is 6.57 Å². The zero-order chi connectivity index (χ0) is 10.4. The molecule has 0 amide bonds. The van der Waals surface area contributed by atoms with Crippen molar-refractivity contribution in [3.05, 3.63) is 11.4 Å². The van der Waals surface area contributed by atoms with Crippen molar-refractivity contribution in [3.63, 3.8) is 0 Å². The maximum absolute atomic E-state index is 6.93. The number of hydrogen-bond acceptors (Lipinski definition) is 1. The molecule has 0 atom stereocenters. The van der Waals surface area contributed by atoms with Gasteiger partial charge in [-0.05, 0) is 38.6 Å². The Labute approximate surface area is 87.9 Å². The van der Waals surface area contributed by atoms with E-state index >= 15 is 0 Å². The Morgan fingerprint density at radius 1 is 1.43 bits per heavy atom. The van der Waals surface area contributed by atoms with Gasteiger partial charge in [0, 0.05) is 11.5 Å². The number of nitrogens with one attached hydrogen (secondary N) is 1. The summed E-state index contributed by atoms with van der Waals surface area (Å²) in [5, 5.41) is 3.57. The second-order valence-corrected chi connectivity index (χ2v) is 4.86. The molecule has 1 aliphatic carbocycles. The predicted octanol–water partition coefficient (Wildman–Crippen LogP) is 2.85. The molecule has 1 N–H and O–H groups in total. The molecule has 1 saturated carbocycles. The Balaban J connectivity index is 2.27. The van der Waals surface area contributed by atoms with E-state index in [1.54, 1.807) is 0 Å². The fourth-order valence-electron chi connectivity index (χ4n) is 2.22. The molecule has 0 aromatic rings. The van der Waals surface area contributed by atoms with Gasteiger partial charge in [0.1, 0.15) is 0 Å². The molecule has 1 rings (SSSR count). The molecule has 80 valence electrons. The van der Waals surface area contributed by atoms with Gasteiger partial charge in [-0.2, -0.15) is 0 Å². The Kier molecular flexibility index (Phi) is 4.41. The quantitative estimate of drug-likeness (QED) is 0.681. The van der Waals surface area contributed by atoms with Crippen LogP contribution in [0.2, 0.25) is 0 Å². The zero-order valence-corrected chi connectivity index (χ0v) is 9.47. The van der Waals surface area contributed by atoms with Crippen molar-refractivity contribution in [2.75, 3.05) is 13.1 Å². The van der Waals surface area contributed by atoms with E-state index in [9.17, 15) is 0 Å². The van der Waals surface area contributed by atoms with E-state index in [1.165, 1.54) is 32.1 Å². The smallest absolute Gasteiger partial charge is 0.219 e. The molecule has 0 aromatic carbocycles. The van der Waals surface area contributed by atoms with Crippen LogP contribution in [0.25, 0.3) is 4.85 Å². The molecular weight excluding hydrogens is 172 g/mol. The Hall–Kier alpha value is -0.550. The number of hydrogen-bond donors (Lipinski definition) is 1. The number of rotatable bonds is 4. The minimum Gasteiger partial charge on any atom is -0.316 e. The van der Waals surface area contributed by atoms with E-state index in [-0.39, 0.29) is 0 Å². The maximum atomic E-state index is 6.93. The molecule has 2 nitrogen and oxygen atoms in total. The minimum atomic E-state index is 0.312. The van der Waals surface area contributed by atoms with Crippen LogP contribution in [0, 0.1) is 12.0 Å². The van der Waals surface area contributed by atoms with Gasteiger partial charge >= 0.3 is 0 Å². The third-order valence-corrected chi connectivity index (χ3v) is 3.34. The van der Waals surface area contributed by atoms with Gasteiger partial charge in [-0.15, -0.1) is 0 Å². The standard InChI is InChI=1S/C12H22N2/c1-4-9-14-11-5-7-12(2,8-6-11)10-13-3/h11,14H,4-10H2,1-2H3. The van der Waals surface area contributed by atoms with Gasteiger partial charge in [0.25, 0.3) is 0 Å². The monoisotopic (exact) mass is 194 g/mol. The largest absolute Gasteiger partial charge is 0.316 e. The molecule has 0 aliphatic heterocycles. The summed E-state index contributed by atoms with van der Waals surface area (Å²) in [6.45, 7) is 13.3. The van der Waals surface area contributed by atoms with Crippen LogP contribution in [0.3, 0.4) is 0 Å². The summed E-state index contributed by atoms with van der Waals surface area (Å²) in [4.78, 5) is 3.55. The van der Waals surface area contributed by atoms with Gasteiger partial charge in [0.05, 0.1) is 0 Å². The van der Waals surface area contributed by atoms with Crippen LogP contribution in [-0.4, -0.2) is 19.1 Å². The van der Waals surface area contributed by atoms with E-state index in [1.807, 2.05) is 0 Å². The van der Waals surface area contributed by atoms with Gasteiger partial charge in [0.15, 0.2) is 0 Å². The lowest BCUT2D eigenvalue weighted by Gasteiger charge is -2.34. The maximum Gasteiger partial charge on any atom is 0.219 e. The van der Waals surface area contributed by atoms with Crippen molar-refractivity contribution in [1.29, 1.82) is 0 Å². The van der Waals surface area contributed by atoms with E-state index in [0.717, 1.165) is 6.54 Å². The lowest BCUT2D eigenvalue weighted by molar-refractivity contribution is 0.202. The molecule has 14 heavy (non-hydrogen) atoms. The normalized spacial score (nSPS) is 32.5. The van der Waals surface area contributed by atoms with Crippen LogP contribution in [0.5, 0.6) is 0 Å². The highest BCUT2D eigenvalue weighted by Crippen LogP contribution is 2.36. The molecule has 2 heteroatoms. The lowest BCUT2D eigenvalue weighted by Crippen LogP contribution is -2.37. The SMILES string of the molecule is [C-]#[N+]CC1(C)CCC(NCCC)CC1. The average molecular weight is 194 g/mol. The summed E-state index contributed by atoms with van der Waals surface area (Å²) in [7, 11) is 0. The molecule has 0 unspecified atom stereocenters. The first-order valence-electron chi connectivity index (χ1n) is 5.77. The van der Waals surface area contributed by atoms with Crippen LogP contribution >= 0.6 is 0 Å². The van der Waals surface area contributed by atoms with Crippen LogP contribution < -0.4 is 5.32 Å². The van der Waals surface area contributed by atoms with Crippen molar-refractivity contribution in [2.45, 2.75) is 52.0 Å². The van der Waals surface area contributed by atoms with Crippen molar-refractivity contribution in [1.82, 2.24) is 5.32 Å². The van der Waals surface area contributed by atoms with E-state index in [4.69, 9.17) is 6.57 Å². The highest BCUT2D eigenvalue weighted by atomic mass is 14.9. The van der Waals surface area contributed by atoms with Crippen molar-refractivity contribution in [3.8, 4) is 0 Å².